The van der Waals surface area contributed by atoms with Crippen molar-refractivity contribution in [3.8, 4) is 0 Å². The second kappa shape index (κ2) is 5.76. The molecule has 0 spiro atoms. The van der Waals surface area contributed by atoms with Crippen molar-refractivity contribution in [2.24, 2.45) is 0 Å². The minimum Gasteiger partial charge on any atom is -0.468 e. The second-order valence-electron chi connectivity index (χ2n) is 3.55. The van der Waals surface area contributed by atoms with E-state index in [2.05, 4.69) is 0 Å². The van der Waals surface area contributed by atoms with Crippen LogP contribution in [0.1, 0.15) is 0 Å². The molecule has 1 atom stereocenters. The molecule has 8 heteroatoms. The molecule has 1 aliphatic heterocycles. The van der Waals surface area contributed by atoms with Crippen molar-refractivity contribution in [1.82, 2.24) is 4.90 Å². The lowest BCUT2D eigenvalue weighted by Crippen LogP contribution is -2.44. The molecule has 0 amide bonds. The Kier molecular flexibility index (Phi) is 4.90. The van der Waals surface area contributed by atoms with Crippen molar-refractivity contribution >= 4 is 27.2 Å². The normalized spacial score (nSPS) is 21.5. The predicted molar refractivity (Wildman–Crippen MR) is 61.9 cm³/mol. The molecule has 6 nitrogen and oxygen atoms in total. The molecule has 1 aliphatic rings. The topological polar surface area (TPSA) is 87.1 Å². The Balaban J connectivity index is 2.34. The monoisotopic (exact) mass is 269 g/mol. The average molecular weight is 269 g/mol. The SMILES string of the molecule is O=S1(=O)CCN(C(=S)OC[C@@H](O)CO)CC1. The second-order valence-corrected chi connectivity index (χ2v) is 6.21. The van der Waals surface area contributed by atoms with Crippen LogP contribution in [0.25, 0.3) is 0 Å². The first-order valence-corrected chi connectivity index (χ1v) is 7.08. The zero-order chi connectivity index (χ0) is 12.2. The maximum atomic E-state index is 11.1. The molecule has 0 unspecified atom stereocenters. The first-order valence-electron chi connectivity index (χ1n) is 4.85. The first kappa shape index (κ1) is 13.6. The minimum absolute atomic E-state index is 0.0685. The predicted octanol–water partition coefficient (Wildman–Crippen LogP) is -1.63. The number of ether oxygens (including phenoxy) is 1. The van der Waals surface area contributed by atoms with Gasteiger partial charge in [0.05, 0.1) is 18.1 Å². The molecule has 2 N–H and O–H groups in total. The van der Waals surface area contributed by atoms with Gasteiger partial charge in [-0.15, -0.1) is 0 Å². The van der Waals surface area contributed by atoms with Gasteiger partial charge in [0.1, 0.15) is 12.7 Å². The number of hydrogen-bond donors (Lipinski definition) is 2. The van der Waals surface area contributed by atoms with Crippen molar-refractivity contribution in [1.29, 1.82) is 0 Å². The lowest BCUT2D eigenvalue weighted by atomic mass is 10.4. The van der Waals surface area contributed by atoms with Crippen molar-refractivity contribution < 1.29 is 23.4 Å². The van der Waals surface area contributed by atoms with Gasteiger partial charge in [-0.25, -0.2) is 8.42 Å². The zero-order valence-corrected chi connectivity index (χ0v) is 10.3. The molecule has 0 saturated carbocycles. The van der Waals surface area contributed by atoms with E-state index in [0.29, 0.717) is 13.1 Å². The first-order chi connectivity index (χ1) is 7.44. The summed E-state index contributed by atoms with van der Waals surface area (Å²) in [4.78, 5) is 1.64. The van der Waals surface area contributed by atoms with E-state index in [1.165, 1.54) is 0 Å². The van der Waals surface area contributed by atoms with E-state index in [1.807, 2.05) is 0 Å². The third-order valence-electron chi connectivity index (χ3n) is 2.21. The Morgan fingerprint density at radius 3 is 2.50 bits per heavy atom. The van der Waals surface area contributed by atoms with Crippen LogP contribution < -0.4 is 0 Å². The molecule has 0 aromatic rings. The van der Waals surface area contributed by atoms with Crippen LogP contribution in [0.2, 0.25) is 0 Å². The van der Waals surface area contributed by atoms with Crippen LogP contribution in [0, 0.1) is 0 Å². The van der Waals surface area contributed by atoms with Gasteiger partial charge < -0.3 is 19.8 Å². The van der Waals surface area contributed by atoms with Crippen LogP contribution in [-0.2, 0) is 14.6 Å². The van der Waals surface area contributed by atoms with Gasteiger partial charge >= 0.3 is 0 Å². The number of aliphatic hydroxyl groups is 2. The highest BCUT2D eigenvalue weighted by molar-refractivity contribution is 7.91. The summed E-state index contributed by atoms with van der Waals surface area (Å²) in [6.45, 7) is 0.155. The number of aliphatic hydroxyl groups excluding tert-OH is 2. The molecule has 0 bridgehead atoms. The highest BCUT2D eigenvalue weighted by Crippen LogP contribution is 2.05. The van der Waals surface area contributed by atoms with E-state index in [-0.39, 0.29) is 23.3 Å². The van der Waals surface area contributed by atoms with Gasteiger partial charge in [0.2, 0.25) is 0 Å². The van der Waals surface area contributed by atoms with E-state index in [9.17, 15) is 8.42 Å². The van der Waals surface area contributed by atoms with Gasteiger partial charge in [0.15, 0.2) is 9.84 Å². The van der Waals surface area contributed by atoms with E-state index in [1.54, 1.807) is 4.90 Å². The molecule has 1 rings (SSSR count). The lowest BCUT2D eigenvalue weighted by molar-refractivity contribution is 0.0449. The smallest absolute Gasteiger partial charge is 0.259 e. The maximum Gasteiger partial charge on any atom is 0.259 e. The van der Waals surface area contributed by atoms with E-state index in [4.69, 9.17) is 27.2 Å². The minimum atomic E-state index is -2.93. The Morgan fingerprint density at radius 2 is 2.00 bits per heavy atom. The Labute approximate surface area is 99.7 Å². The van der Waals surface area contributed by atoms with Crippen LogP contribution in [0.3, 0.4) is 0 Å². The van der Waals surface area contributed by atoms with Crippen molar-refractivity contribution in [2.45, 2.75) is 6.10 Å². The Morgan fingerprint density at radius 1 is 1.44 bits per heavy atom. The number of sulfone groups is 1. The molecule has 0 aromatic carbocycles. The summed E-state index contributed by atoms with van der Waals surface area (Å²) in [5.41, 5.74) is 0. The third kappa shape index (κ3) is 4.20. The molecule has 0 aliphatic carbocycles. The molecular formula is C8H15NO5S2. The van der Waals surface area contributed by atoms with Gasteiger partial charge in [-0.05, 0) is 12.2 Å². The molecular weight excluding hydrogens is 254 g/mol. The van der Waals surface area contributed by atoms with Gasteiger partial charge in [-0.1, -0.05) is 0 Å². The molecule has 1 fully saturated rings. The third-order valence-corrected chi connectivity index (χ3v) is 4.20. The highest BCUT2D eigenvalue weighted by Gasteiger charge is 2.24. The number of nitrogens with zero attached hydrogens (tertiary/aromatic N) is 1. The molecule has 1 saturated heterocycles. The summed E-state index contributed by atoms with van der Waals surface area (Å²) in [5, 5.41) is 17.8. The van der Waals surface area contributed by atoms with Gasteiger partial charge in [-0.3, -0.25) is 0 Å². The highest BCUT2D eigenvalue weighted by atomic mass is 32.2. The summed E-state index contributed by atoms with van der Waals surface area (Å²) in [6.07, 6.45) is -0.966. The van der Waals surface area contributed by atoms with Gasteiger partial charge in [0.25, 0.3) is 5.17 Å². The molecule has 94 valence electrons. The summed E-state index contributed by atoms with van der Waals surface area (Å²) in [6, 6.07) is 0. The summed E-state index contributed by atoms with van der Waals surface area (Å²) < 4.78 is 27.3. The largest absolute Gasteiger partial charge is 0.468 e. The molecule has 16 heavy (non-hydrogen) atoms. The van der Waals surface area contributed by atoms with E-state index in [0.717, 1.165) is 0 Å². The molecule has 0 radical (unpaired) electrons. The summed E-state index contributed by atoms with van der Waals surface area (Å²) in [5.74, 6) is 0.137. The Hall–Kier alpha value is -0.440. The van der Waals surface area contributed by atoms with Crippen molar-refractivity contribution in [3.05, 3.63) is 0 Å². The van der Waals surface area contributed by atoms with Crippen LogP contribution in [-0.4, -0.2) is 72.6 Å². The van der Waals surface area contributed by atoms with Crippen LogP contribution >= 0.6 is 12.2 Å². The molecule has 1 heterocycles. The lowest BCUT2D eigenvalue weighted by Gasteiger charge is -2.28. The van der Waals surface area contributed by atoms with Crippen LogP contribution in [0.4, 0.5) is 0 Å². The number of hydrogen-bond acceptors (Lipinski definition) is 6. The summed E-state index contributed by atoms with van der Waals surface area (Å²) in [7, 11) is -2.93. The number of rotatable bonds is 3. The maximum absolute atomic E-state index is 11.1. The van der Waals surface area contributed by atoms with Crippen LogP contribution in [0.5, 0.6) is 0 Å². The Bertz CT molecular complexity index is 328. The fourth-order valence-corrected chi connectivity index (χ4v) is 2.66. The fraction of sp³-hybridized carbons (Fsp3) is 0.875. The van der Waals surface area contributed by atoms with Crippen LogP contribution in [0.15, 0.2) is 0 Å². The fourth-order valence-electron chi connectivity index (χ4n) is 1.21. The summed E-state index contributed by atoms with van der Waals surface area (Å²) >= 11 is 4.93. The van der Waals surface area contributed by atoms with Crippen molar-refractivity contribution in [2.75, 3.05) is 37.8 Å². The van der Waals surface area contributed by atoms with E-state index >= 15 is 0 Å². The standard InChI is InChI=1S/C8H15NO5S2/c10-5-7(11)6-14-8(15)9-1-3-16(12,13)4-2-9/h7,10-11H,1-6H2/t7-/m0/s1. The number of thiocarbonyl (C=S) groups is 1. The van der Waals surface area contributed by atoms with Crippen molar-refractivity contribution in [3.63, 3.8) is 0 Å². The molecule has 0 aromatic heterocycles. The average Bonchev–Trinajstić information content (AvgIpc) is 2.25. The van der Waals surface area contributed by atoms with Gasteiger partial charge in [0, 0.05) is 13.1 Å². The van der Waals surface area contributed by atoms with E-state index < -0.39 is 22.5 Å². The zero-order valence-electron chi connectivity index (χ0n) is 8.70. The van der Waals surface area contributed by atoms with Gasteiger partial charge in [-0.2, -0.15) is 0 Å². The quantitative estimate of drug-likeness (QED) is 0.595.